The van der Waals surface area contributed by atoms with Gasteiger partial charge in [0.2, 0.25) is 0 Å². The Labute approximate surface area is 148 Å². The first-order valence-electron chi connectivity index (χ1n) is 7.57. The summed E-state index contributed by atoms with van der Waals surface area (Å²) >= 11 is 1.41. The van der Waals surface area contributed by atoms with Crippen molar-refractivity contribution in [1.29, 1.82) is 0 Å². The molecule has 7 heteroatoms. The average Bonchev–Trinajstić information content (AvgIpc) is 3.18. The van der Waals surface area contributed by atoms with Gasteiger partial charge < -0.3 is 13.9 Å². The quantitative estimate of drug-likeness (QED) is 0.608. The van der Waals surface area contributed by atoms with Gasteiger partial charge in [-0.25, -0.2) is 14.2 Å². The largest absolute Gasteiger partial charge is 0.486 e. The number of rotatable bonds is 6. The number of ether oxygens (including phenoxy) is 2. The summed E-state index contributed by atoms with van der Waals surface area (Å²) in [6.07, 6.45) is 0. The van der Waals surface area contributed by atoms with Crippen molar-refractivity contribution in [3.8, 4) is 5.75 Å². The van der Waals surface area contributed by atoms with Gasteiger partial charge in [-0.3, -0.25) is 0 Å². The highest BCUT2D eigenvalue weighted by atomic mass is 32.1. The summed E-state index contributed by atoms with van der Waals surface area (Å²) in [7, 11) is 0. The standard InChI is InChI=1S/C18H16FNO4S/c1-11-7-16(12(2)24-11)18(21)23-8-14-10-25-17(20-14)9-22-15-5-3-13(19)4-6-15/h3-7,10H,8-9H2,1-2H3. The SMILES string of the molecule is Cc1cc(C(=O)OCc2csc(COc3ccc(F)cc3)n2)c(C)o1. The van der Waals surface area contributed by atoms with Crippen molar-refractivity contribution in [1.82, 2.24) is 4.98 Å². The number of halogens is 1. The number of nitrogens with zero attached hydrogens (tertiary/aromatic N) is 1. The highest BCUT2D eigenvalue weighted by molar-refractivity contribution is 7.09. The van der Waals surface area contributed by atoms with Gasteiger partial charge in [-0.15, -0.1) is 11.3 Å². The van der Waals surface area contributed by atoms with Crippen LogP contribution in [0.15, 0.2) is 40.1 Å². The Kier molecular flexibility index (Phi) is 5.14. The Hall–Kier alpha value is -2.67. The molecular weight excluding hydrogens is 345 g/mol. The van der Waals surface area contributed by atoms with Crippen molar-refractivity contribution in [2.75, 3.05) is 0 Å². The summed E-state index contributed by atoms with van der Waals surface area (Å²) in [6.45, 7) is 3.84. The van der Waals surface area contributed by atoms with Crippen molar-refractivity contribution in [2.24, 2.45) is 0 Å². The van der Waals surface area contributed by atoms with Crippen LogP contribution in [-0.2, 0) is 18.0 Å². The van der Waals surface area contributed by atoms with Crippen molar-refractivity contribution in [2.45, 2.75) is 27.1 Å². The number of aryl methyl sites for hydroxylation is 2. The molecule has 3 rings (SSSR count). The number of esters is 1. The molecule has 1 aromatic carbocycles. The lowest BCUT2D eigenvalue weighted by Gasteiger charge is -2.03. The van der Waals surface area contributed by atoms with Crippen molar-refractivity contribution >= 4 is 17.3 Å². The zero-order chi connectivity index (χ0) is 17.8. The lowest BCUT2D eigenvalue weighted by molar-refractivity contribution is 0.0466. The van der Waals surface area contributed by atoms with E-state index in [0.717, 1.165) is 5.01 Å². The monoisotopic (exact) mass is 361 g/mol. The third kappa shape index (κ3) is 4.45. The van der Waals surface area contributed by atoms with Crippen LogP contribution in [0.5, 0.6) is 5.75 Å². The third-order valence-electron chi connectivity index (χ3n) is 3.39. The van der Waals surface area contributed by atoms with Gasteiger partial charge in [-0.2, -0.15) is 0 Å². The first-order chi connectivity index (χ1) is 12.0. The molecule has 130 valence electrons. The molecule has 0 bridgehead atoms. The summed E-state index contributed by atoms with van der Waals surface area (Å²) in [5, 5.41) is 2.55. The van der Waals surface area contributed by atoms with Gasteiger partial charge in [-0.05, 0) is 44.2 Å². The molecule has 0 unspecified atom stereocenters. The van der Waals surface area contributed by atoms with E-state index < -0.39 is 5.97 Å². The number of thiazole rings is 1. The van der Waals surface area contributed by atoms with E-state index >= 15 is 0 Å². The van der Waals surface area contributed by atoms with Gasteiger partial charge in [0.15, 0.2) is 0 Å². The molecule has 0 N–H and O–H groups in total. The minimum atomic E-state index is -0.438. The fourth-order valence-electron chi connectivity index (χ4n) is 2.21. The predicted molar refractivity (Wildman–Crippen MR) is 90.1 cm³/mol. The van der Waals surface area contributed by atoms with E-state index in [1.165, 1.54) is 23.5 Å². The molecule has 2 aromatic heterocycles. The molecule has 3 aromatic rings. The van der Waals surface area contributed by atoms with Crippen LogP contribution in [0.1, 0.15) is 32.6 Å². The first-order valence-corrected chi connectivity index (χ1v) is 8.45. The van der Waals surface area contributed by atoms with Gasteiger partial charge in [0.05, 0.1) is 5.69 Å². The van der Waals surface area contributed by atoms with Gasteiger partial charge in [0, 0.05) is 5.38 Å². The topological polar surface area (TPSA) is 61.6 Å². The van der Waals surface area contributed by atoms with Crippen molar-refractivity contribution in [3.63, 3.8) is 0 Å². The van der Waals surface area contributed by atoms with Crippen LogP contribution in [-0.4, -0.2) is 11.0 Å². The van der Waals surface area contributed by atoms with E-state index in [2.05, 4.69) is 4.98 Å². The highest BCUT2D eigenvalue weighted by Gasteiger charge is 2.15. The molecule has 0 aliphatic heterocycles. The zero-order valence-electron chi connectivity index (χ0n) is 13.7. The number of carbonyl (C=O) groups is 1. The minimum Gasteiger partial charge on any atom is -0.486 e. The fourth-order valence-corrected chi connectivity index (χ4v) is 2.90. The Balaban J connectivity index is 1.52. The van der Waals surface area contributed by atoms with Crippen LogP contribution in [0.4, 0.5) is 4.39 Å². The van der Waals surface area contributed by atoms with E-state index in [0.29, 0.717) is 28.5 Å². The summed E-state index contributed by atoms with van der Waals surface area (Å²) in [5.41, 5.74) is 1.07. The number of benzene rings is 1. The van der Waals surface area contributed by atoms with E-state index in [1.54, 1.807) is 32.0 Å². The molecule has 0 aliphatic rings. The van der Waals surface area contributed by atoms with Gasteiger partial charge in [-0.1, -0.05) is 0 Å². The van der Waals surface area contributed by atoms with E-state index in [4.69, 9.17) is 13.9 Å². The number of carbonyl (C=O) groups excluding carboxylic acids is 1. The zero-order valence-corrected chi connectivity index (χ0v) is 14.6. The predicted octanol–water partition coefficient (Wildman–Crippen LogP) is 4.43. The molecule has 0 saturated heterocycles. The molecule has 25 heavy (non-hydrogen) atoms. The second-order valence-electron chi connectivity index (χ2n) is 5.38. The van der Waals surface area contributed by atoms with Crippen LogP contribution in [0.2, 0.25) is 0 Å². The number of hydrogen-bond acceptors (Lipinski definition) is 6. The number of hydrogen-bond donors (Lipinski definition) is 0. The van der Waals surface area contributed by atoms with Crippen molar-refractivity contribution in [3.05, 3.63) is 69.3 Å². The van der Waals surface area contributed by atoms with Gasteiger partial charge >= 0.3 is 5.97 Å². The van der Waals surface area contributed by atoms with Crippen LogP contribution in [0, 0.1) is 19.7 Å². The summed E-state index contributed by atoms with van der Waals surface area (Å²) in [5.74, 6) is 1.02. The second kappa shape index (κ2) is 7.48. The summed E-state index contributed by atoms with van der Waals surface area (Å²) in [6, 6.07) is 7.44. The van der Waals surface area contributed by atoms with Crippen LogP contribution in [0.25, 0.3) is 0 Å². The first kappa shape index (κ1) is 17.2. The molecule has 0 saturated carbocycles. The normalized spacial score (nSPS) is 10.7. The average molecular weight is 361 g/mol. The lowest BCUT2D eigenvalue weighted by Crippen LogP contribution is -2.06. The molecule has 0 radical (unpaired) electrons. The maximum absolute atomic E-state index is 12.8. The van der Waals surface area contributed by atoms with E-state index in [9.17, 15) is 9.18 Å². The number of aromatic nitrogens is 1. The molecule has 0 spiro atoms. The molecule has 2 heterocycles. The maximum Gasteiger partial charge on any atom is 0.342 e. The third-order valence-corrected chi connectivity index (χ3v) is 4.26. The Morgan fingerprint density at radius 1 is 1.24 bits per heavy atom. The molecule has 5 nitrogen and oxygen atoms in total. The molecular formula is C18H16FNO4S. The molecule has 0 aliphatic carbocycles. The van der Waals surface area contributed by atoms with Gasteiger partial charge in [0.25, 0.3) is 0 Å². The van der Waals surface area contributed by atoms with E-state index in [-0.39, 0.29) is 19.0 Å². The maximum atomic E-state index is 12.8. The second-order valence-corrected chi connectivity index (χ2v) is 6.32. The van der Waals surface area contributed by atoms with Crippen LogP contribution in [0.3, 0.4) is 0 Å². The smallest absolute Gasteiger partial charge is 0.342 e. The summed E-state index contributed by atoms with van der Waals surface area (Å²) in [4.78, 5) is 16.4. The number of furan rings is 1. The van der Waals surface area contributed by atoms with Crippen LogP contribution >= 0.6 is 11.3 Å². The van der Waals surface area contributed by atoms with Crippen molar-refractivity contribution < 1.29 is 23.1 Å². The Morgan fingerprint density at radius 2 is 2.00 bits per heavy atom. The van der Waals surface area contributed by atoms with Gasteiger partial charge in [0.1, 0.15) is 46.9 Å². The Bertz CT molecular complexity index is 870. The lowest BCUT2D eigenvalue weighted by atomic mass is 10.2. The highest BCUT2D eigenvalue weighted by Crippen LogP contribution is 2.18. The molecule has 0 amide bonds. The van der Waals surface area contributed by atoms with E-state index in [1.807, 2.05) is 5.38 Å². The fraction of sp³-hybridized carbons (Fsp3) is 0.222. The molecule has 0 fully saturated rings. The molecule has 0 atom stereocenters. The summed E-state index contributed by atoms with van der Waals surface area (Å²) < 4.78 is 29.0. The van der Waals surface area contributed by atoms with Crippen LogP contribution < -0.4 is 4.74 Å². The Morgan fingerprint density at radius 3 is 2.68 bits per heavy atom. The minimum absolute atomic E-state index is 0.0789.